The summed E-state index contributed by atoms with van der Waals surface area (Å²) in [4.78, 5) is 19.3. The lowest BCUT2D eigenvalue weighted by molar-refractivity contribution is -0.138. The smallest absolute Gasteiger partial charge is 0.311 e. The number of fused-ring (bicyclic) bond motifs is 1. The van der Waals surface area contributed by atoms with Crippen molar-refractivity contribution in [1.29, 1.82) is 0 Å². The van der Waals surface area contributed by atoms with Crippen molar-refractivity contribution in [3.63, 3.8) is 0 Å². The topological polar surface area (TPSA) is 63.1 Å². The van der Waals surface area contributed by atoms with Crippen molar-refractivity contribution in [2.24, 2.45) is 0 Å². The van der Waals surface area contributed by atoms with Gasteiger partial charge in [-0.15, -0.1) is 0 Å². The lowest BCUT2D eigenvalue weighted by Gasteiger charge is -2.12. The number of nitrogens with zero attached hydrogens (tertiary/aromatic N) is 2. The molecule has 1 aromatic carbocycles. The van der Waals surface area contributed by atoms with Crippen molar-refractivity contribution < 1.29 is 9.90 Å². The standard InChI is InChI=1S/C12H11BrN2O2/c1-2-7(12(16)17)8-3-4-10(13)9-5-14-6-15-11(8)9/h3-7H,2H2,1H3,(H,16,17). The third-order valence-electron chi connectivity index (χ3n) is 2.73. The number of hydrogen-bond donors (Lipinski definition) is 1. The lowest BCUT2D eigenvalue weighted by Crippen LogP contribution is -2.11. The monoisotopic (exact) mass is 294 g/mol. The summed E-state index contributed by atoms with van der Waals surface area (Å²) < 4.78 is 0.872. The fraction of sp³-hybridized carbons (Fsp3) is 0.250. The predicted octanol–water partition coefficient (Wildman–Crippen LogP) is 2.97. The Morgan fingerprint density at radius 2 is 2.29 bits per heavy atom. The number of carboxylic acids is 1. The van der Waals surface area contributed by atoms with E-state index in [1.807, 2.05) is 19.1 Å². The fourth-order valence-electron chi connectivity index (χ4n) is 1.87. The second-order valence-corrected chi connectivity index (χ2v) is 4.58. The maximum absolute atomic E-state index is 11.2. The molecule has 0 radical (unpaired) electrons. The molecule has 1 aromatic heterocycles. The molecule has 0 spiro atoms. The molecule has 0 aliphatic heterocycles. The molecule has 0 bridgehead atoms. The molecule has 4 nitrogen and oxygen atoms in total. The Labute approximate surface area is 107 Å². The number of rotatable bonds is 3. The number of carbonyl (C=O) groups is 1. The Morgan fingerprint density at radius 3 is 2.94 bits per heavy atom. The van der Waals surface area contributed by atoms with Crippen molar-refractivity contribution in [3.05, 3.63) is 34.7 Å². The summed E-state index contributed by atoms with van der Waals surface area (Å²) >= 11 is 3.41. The average Bonchev–Trinajstić information content (AvgIpc) is 2.33. The second kappa shape index (κ2) is 4.79. The maximum atomic E-state index is 11.2. The molecule has 0 fully saturated rings. The van der Waals surface area contributed by atoms with Crippen molar-refractivity contribution in [1.82, 2.24) is 9.97 Å². The number of carboxylic acid groups (broad SMARTS) is 1. The van der Waals surface area contributed by atoms with Gasteiger partial charge in [-0.2, -0.15) is 0 Å². The lowest BCUT2D eigenvalue weighted by atomic mass is 9.94. The van der Waals surface area contributed by atoms with Crippen LogP contribution in [0.3, 0.4) is 0 Å². The summed E-state index contributed by atoms with van der Waals surface area (Å²) in [7, 11) is 0. The highest BCUT2D eigenvalue weighted by Crippen LogP contribution is 2.30. The molecular formula is C12H11BrN2O2. The number of halogens is 1. The summed E-state index contributed by atoms with van der Waals surface area (Å²) in [5.74, 6) is -1.35. The van der Waals surface area contributed by atoms with Crippen LogP contribution in [0.15, 0.2) is 29.1 Å². The van der Waals surface area contributed by atoms with Gasteiger partial charge in [-0.3, -0.25) is 4.79 Å². The molecule has 0 aliphatic rings. The highest BCUT2D eigenvalue weighted by Gasteiger charge is 2.21. The third-order valence-corrected chi connectivity index (χ3v) is 3.43. The van der Waals surface area contributed by atoms with Crippen LogP contribution in [0.4, 0.5) is 0 Å². The normalized spacial score (nSPS) is 12.6. The van der Waals surface area contributed by atoms with E-state index in [0.29, 0.717) is 11.9 Å². The van der Waals surface area contributed by atoms with Gasteiger partial charge in [0, 0.05) is 16.1 Å². The molecular weight excluding hydrogens is 284 g/mol. The molecule has 5 heteroatoms. The molecule has 88 valence electrons. The van der Waals surface area contributed by atoms with E-state index < -0.39 is 11.9 Å². The van der Waals surface area contributed by atoms with Gasteiger partial charge in [0.2, 0.25) is 0 Å². The molecule has 1 unspecified atom stereocenters. The number of hydrogen-bond acceptors (Lipinski definition) is 3. The van der Waals surface area contributed by atoms with Gasteiger partial charge in [0.05, 0.1) is 11.4 Å². The number of aliphatic carboxylic acids is 1. The van der Waals surface area contributed by atoms with Crippen molar-refractivity contribution in [2.45, 2.75) is 19.3 Å². The quantitative estimate of drug-likeness (QED) is 0.945. The van der Waals surface area contributed by atoms with Crippen LogP contribution in [-0.4, -0.2) is 21.0 Å². The van der Waals surface area contributed by atoms with Gasteiger partial charge in [-0.25, -0.2) is 9.97 Å². The van der Waals surface area contributed by atoms with Crippen LogP contribution in [0.2, 0.25) is 0 Å². The summed E-state index contributed by atoms with van der Waals surface area (Å²) in [6.45, 7) is 1.86. The molecule has 0 saturated carbocycles. The van der Waals surface area contributed by atoms with Crippen molar-refractivity contribution in [2.75, 3.05) is 0 Å². The Hall–Kier alpha value is -1.49. The summed E-state index contributed by atoms with van der Waals surface area (Å²) in [5.41, 5.74) is 1.43. The van der Waals surface area contributed by atoms with Gasteiger partial charge in [-0.05, 0) is 18.1 Å². The zero-order valence-electron chi connectivity index (χ0n) is 9.22. The van der Waals surface area contributed by atoms with E-state index in [1.165, 1.54) is 6.33 Å². The largest absolute Gasteiger partial charge is 0.481 e. The van der Waals surface area contributed by atoms with E-state index in [1.54, 1.807) is 6.20 Å². The third kappa shape index (κ3) is 2.15. The first-order valence-corrected chi connectivity index (χ1v) is 6.05. The Bertz CT molecular complexity index is 571. The van der Waals surface area contributed by atoms with Crippen LogP contribution in [0.5, 0.6) is 0 Å². The van der Waals surface area contributed by atoms with E-state index in [-0.39, 0.29) is 0 Å². The molecule has 1 N–H and O–H groups in total. The Kier molecular flexibility index (Phi) is 3.38. The van der Waals surface area contributed by atoms with E-state index in [2.05, 4.69) is 25.9 Å². The Balaban J connectivity index is 2.70. The van der Waals surface area contributed by atoms with Gasteiger partial charge in [0.15, 0.2) is 0 Å². The fourth-order valence-corrected chi connectivity index (χ4v) is 2.30. The van der Waals surface area contributed by atoms with Gasteiger partial charge in [-0.1, -0.05) is 28.9 Å². The summed E-state index contributed by atoms with van der Waals surface area (Å²) in [5, 5.41) is 10.0. The number of aromatic nitrogens is 2. The van der Waals surface area contributed by atoms with Crippen molar-refractivity contribution >= 4 is 32.8 Å². The van der Waals surface area contributed by atoms with Gasteiger partial charge < -0.3 is 5.11 Å². The minimum absolute atomic E-state index is 0.527. The second-order valence-electron chi connectivity index (χ2n) is 3.72. The molecule has 0 saturated heterocycles. The molecule has 0 aliphatic carbocycles. The van der Waals surface area contributed by atoms with Gasteiger partial charge in [0.1, 0.15) is 6.33 Å². The maximum Gasteiger partial charge on any atom is 0.311 e. The van der Waals surface area contributed by atoms with Gasteiger partial charge >= 0.3 is 5.97 Å². The van der Waals surface area contributed by atoms with Gasteiger partial charge in [0.25, 0.3) is 0 Å². The predicted molar refractivity (Wildman–Crippen MR) is 67.9 cm³/mol. The van der Waals surface area contributed by atoms with Crippen LogP contribution in [0.25, 0.3) is 10.9 Å². The van der Waals surface area contributed by atoms with Crippen LogP contribution in [-0.2, 0) is 4.79 Å². The Morgan fingerprint density at radius 1 is 1.53 bits per heavy atom. The van der Waals surface area contributed by atoms with Crippen molar-refractivity contribution in [3.8, 4) is 0 Å². The summed E-state index contributed by atoms with van der Waals surface area (Å²) in [6, 6.07) is 3.65. The molecule has 2 rings (SSSR count). The molecule has 1 heterocycles. The minimum atomic E-state index is -0.824. The van der Waals surface area contributed by atoms with E-state index in [0.717, 1.165) is 15.4 Å². The highest BCUT2D eigenvalue weighted by atomic mass is 79.9. The highest BCUT2D eigenvalue weighted by molar-refractivity contribution is 9.10. The zero-order valence-corrected chi connectivity index (χ0v) is 10.8. The van der Waals surface area contributed by atoms with Crippen LogP contribution < -0.4 is 0 Å². The minimum Gasteiger partial charge on any atom is -0.481 e. The molecule has 1 atom stereocenters. The average molecular weight is 295 g/mol. The summed E-state index contributed by atoms with van der Waals surface area (Å²) in [6.07, 6.45) is 3.66. The van der Waals surface area contributed by atoms with E-state index in [9.17, 15) is 9.90 Å². The van der Waals surface area contributed by atoms with E-state index in [4.69, 9.17) is 0 Å². The zero-order chi connectivity index (χ0) is 12.4. The van der Waals surface area contributed by atoms with Crippen LogP contribution in [0.1, 0.15) is 24.8 Å². The first-order valence-electron chi connectivity index (χ1n) is 5.26. The first-order chi connectivity index (χ1) is 8.15. The first kappa shape index (κ1) is 12.0. The number of benzene rings is 1. The molecule has 0 amide bonds. The SMILES string of the molecule is CCC(C(=O)O)c1ccc(Br)c2cncnc12. The molecule has 17 heavy (non-hydrogen) atoms. The van der Waals surface area contributed by atoms with Crippen LogP contribution >= 0.6 is 15.9 Å². The van der Waals surface area contributed by atoms with Crippen LogP contribution in [0, 0.1) is 0 Å². The van der Waals surface area contributed by atoms with E-state index >= 15 is 0 Å². The molecule has 2 aromatic rings.